The molecule has 2 fully saturated rings. The van der Waals surface area contributed by atoms with Crippen LogP contribution in [0.25, 0.3) is 0 Å². The van der Waals surface area contributed by atoms with Crippen LogP contribution in [0.2, 0.25) is 0 Å². The maximum atomic E-state index is 13.0. The number of hydrogen-bond acceptors (Lipinski definition) is 2. The Morgan fingerprint density at radius 1 is 1.21 bits per heavy atom. The molecule has 108 valence electrons. The Balaban J connectivity index is 1.95. The van der Waals surface area contributed by atoms with E-state index in [0.717, 1.165) is 12.8 Å². The Labute approximate surface area is 110 Å². The van der Waals surface area contributed by atoms with Crippen LogP contribution in [-0.2, 0) is 9.59 Å². The molecule has 0 saturated heterocycles. The highest BCUT2D eigenvalue weighted by Gasteiger charge is 2.49. The van der Waals surface area contributed by atoms with Crippen molar-refractivity contribution in [3.05, 3.63) is 0 Å². The molecule has 6 heteroatoms. The normalized spacial score (nSPS) is 26.5. The zero-order valence-electron chi connectivity index (χ0n) is 10.9. The van der Waals surface area contributed by atoms with Gasteiger partial charge in [0, 0.05) is 18.8 Å². The van der Waals surface area contributed by atoms with Crippen molar-refractivity contribution in [3.63, 3.8) is 0 Å². The number of halogens is 2. The highest BCUT2D eigenvalue weighted by atomic mass is 19.3. The van der Waals surface area contributed by atoms with Gasteiger partial charge in [0.1, 0.15) is 5.54 Å². The van der Waals surface area contributed by atoms with Crippen molar-refractivity contribution in [1.29, 1.82) is 0 Å². The number of hydrogen-bond donors (Lipinski definition) is 2. The minimum Gasteiger partial charge on any atom is -0.480 e. The summed E-state index contributed by atoms with van der Waals surface area (Å²) in [5.74, 6) is -4.66. The Hall–Kier alpha value is -1.20. The van der Waals surface area contributed by atoms with Gasteiger partial charge in [-0.2, -0.15) is 0 Å². The molecular weight excluding hydrogens is 256 g/mol. The first-order chi connectivity index (χ1) is 8.74. The van der Waals surface area contributed by atoms with Crippen LogP contribution in [0, 0.1) is 11.8 Å². The van der Waals surface area contributed by atoms with E-state index >= 15 is 0 Å². The standard InChI is InChI=1S/C13H19F2NO3/c1-12(11(18)19,9-2-3-9)16-10(17)8-4-6-13(14,15)7-5-8/h8-9H,2-7H2,1H3,(H,16,17)(H,18,19). The number of carboxylic acids is 1. The van der Waals surface area contributed by atoms with E-state index in [-0.39, 0.29) is 31.6 Å². The van der Waals surface area contributed by atoms with E-state index in [0.29, 0.717) is 0 Å². The van der Waals surface area contributed by atoms with Gasteiger partial charge in [-0.1, -0.05) is 0 Å². The van der Waals surface area contributed by atoms with Gasteiger partial charge in [-0.05, 0) is 38.5 Å². The third-order valence-corrected chi connectivity index (χ3v) is 4.31. The van der Waals surface area contributed by atoms with Gasteiger partial charge in [0.05, 0.1) is 0 Å². The smallest absolute Gasteiger partial charge is 0.329 e. The summed E-state index contributed by atoms with van der Waals surface area (Å²) in [5.41, 5.74) is -1.25. The lowest BCUT2D eigenvalue weighted by Crippen LogP contribution is -2.55. The molecule has 2 saturated carbocycles. The molecule has 0 aromatic carbocycles. The molecule has 1 unspecified atom stereocenters. The van der Waals surface area contributed by atoms with Crippen molar-refractivity contribution in [3.8, 4) is 0 Å². The molecule has 2 N–H and O–H groups in total. The molecule has 0 aliphatic heterocycles. The molecule has 2 aliphatic rings. The maximum absolute atomic E-state index is 13.0. The number of carbonyl (C=O) groups excluding carboxylic acids is 1. The molecule has 0 spiro atoms. The summed E-state index contributed by atoms with van der Waals surface area (Å²) in [4.78, 5) is 23.3. The number of aliphatic carboxylic acids is 1. The second kappa shape index (κ2) is 4.72. The highest BCUT2D eigenvalue weighted by Crippen LogP contribution is 2.41. The third-order valence-electron chi connectivity index (χ3n) is 4.31. The largest absolute Gasteiger partial charge is 0.480 e. The van der Waals surface area contributed by atoms with Crippen molar-refractivity contribution >= 4 is 11.9 Å². The number of rotatable bonds is 4. The van der Waals surface area contributed by atoms with Gasteiger partial charge in [-0.25, -0.2) is 13.6 Å². The molecule has 0 radical (unpaired) electrons. The summed E-state index contributed by atoms with van der Waals surface area (Å²) in [6.07, 6.45) is 1.23. The predicted molar refractivity (Wildman–Crippen MR) is 63.8 cm³/mol. The van der Waals surface area contributed by atoms with Crippen LogP contribution in [-0.4, -0.2) is 28.4 Å². The van der Waals surface area contributed by atoms with Crippen LogP contribution < -0.4 is 5.32 Å². The van der Waals surface area contributed by atoms with Crippen LogP contribution in [0.1, 0.15) is 45.4 Å². The summed E-state index contributed by atoms with van der Waals surface area (Å²) < 4.78 is 26.0. The molecule has 4 nitrogen and oxygen atoms in total. The van der Waals surface area contributed by atoms with E-state index in [9.17, 15) is 23.5 Å². The topological polar surface area (TPSA) is 66.4 Å². The van der Waals surface area contributed by atoms with Crippen molar-refractivity contribution in [2.24, 2.45) is 11.8 Å². The zero-order valence-corrected chi connectivity index (χ0v) is 10.9. The first-order valence-electron chi connectivity index (χ1n) is 6.68. The average Bonchev–Trinajstić information content (AvgIpc) is 3.12. The molecule has 0 bridgehead atoms. The minimum absolute atomic E-state index is 0.0426. The summed E-state index contributed by atoms with van der Waals surface area (Å²) in [7, 11) is 0. The molecule has 19 heavy (non-hydrogen) atoms. The van der Waals surface area contributed by atoms with Gasteiger partial charge in [0.2, 0.25) is 11.8 Å². The Morgan fingerprint density at radius 2 is 1.74 bits per heavy atom. The SMILES string of the molecule is CC(NC(=O)C1CCC(F)(F)CC1)(C(=O)O)C1CC1. The molecular formula is C13H19F2NO3. The molecule has 2 aliphatic carbocycles. The zero-order chi connectivity index (χ0) is 14.3. The van der Waals surface area contributed by atoms with Crippen molar-refractivity contribution in [2.75, 3.05) is 0 Å². The number of carbonyl (C=O) groups is 2. The quantitative estimate of drug-likeness (QED) is 0.826. The Bertz CT molecular complexity index is 385. The average molecular weight is 275 g/mol. The van der Waals surface area contributed by atoms with E-state index < -0.39 is 29.3 Å². The van der Waals surface area contributed by atoms with E-state index in [4.69, 9.17) is 0 Å². The monoisotopic (exact) mass is 275 g/mol. The maximum Gasteiger partial charge on any atom is 0.329 e. The van der Waals surface area contributed by atoms with Gasteiger partial charge in [0.15, 0.2) is 0 Å². The number of alkyl halides is 2. The van der Waals surface area contributed by atoms with Crippen molar-refractivity contribution in [1.82, 2.24) is 5.32 Å². The van der Waals surface area contributed by atoms with E-state index in [1.807, 2.05) is 0 Å². The summed E-state index contributed by atoms with van der Waals surface area (Å²) in [6.45, 7) is 1.50. The molecule has 0 heterocycles. The van der Waals surface area contributed by atoms with Gasteiger partial charge >= 0.3 is 5.97 Å². The van der Waals surface area contributed by atoms with Gasteiger partial charge in [-0.15, -0.1) is 0 Å². The summed E-state index contributed by atoms with van der Waals surface area (Å²) in [5, 5.41) is 11.8. The minimum atomic E-state index is -2.68. The lowest BCUT2D eigenvalue weighted by Gasteiger charge is -2.32. The van der Waals surface area contributed by atoms with E-state index in [2.05, 4.69) is 5.32 Å². The van der Waals surface area contributed by atoms with Crippen LogP contribution >= 0.6 is 0 Å². The Kier molecular flexibility index (Phi) is 3.53. The number of carboxylic acid groups (broad SMARTS) is 1. The first-order valence-corrected chi connectivity index (χ1v) is 6.68. The summed E-state index contributed by atoms with van der Waals surface area (Å²) >= 11 is 0. The fourth-order valence-corrected chi connectivity index (χ4v) is 2.65. The van der Waals surface area contributed by atoms with E-state index in [1.165, 1.54) is 6.92 Å². The second-order valence-electron chi connectivity index (χ2n) is 5.90. The first kappa shape index (κ1) is 14.2. The molecule has 1 amide bonds. The van der Waals surface area contributed by atoms with Crippen LogP contribution in [0.3, 0.4) is 0 Å². The number of amides is 1. The lowest BCUT2D eigenvalue weighted by atomic mass is 9.85. The van der Waals surface area contributed by atoms with Gasteiger partial charge < -0.3 is 10.4 Å². The molecule has 0 aromatic heterocycles. The number of nitrogens with one attached hydrogen (secondary N) is 1. The molecule has 1 atom stereocenters. The summed E-state index contributed by atoms with van der Waals surface area (Å²) in [6, 6.07) is 0. The van der Waals surface area contributed by atoms with Crippen LogP contribution in [0.15, 0.2) is 0 Å². The van der Waals surface area contributed by atoms with Crippen LogP contribution in [0.4, 0.5) is 8.78 Å². The second-order valence-corrected chi connectivity index (χ2v) is 5.90. The molecule has 0 aromatic rings. The van der Waals surface area contributed by atoms with Gasteiger partial charge in [-0.3, -0.25) is 4.79 Å². The molecule has 2 rings (SSSR count). The fraction of sp³-hybridized carbons (Fsp3) is 0.846. The predicted octanol–water partition coefficient (Wildman–Crippen LogP) is 2.18. The highest BCUT2D eigenvalue weighted by molar-refractivity contribution is 5.88. The third kappa shape index (κ3) is 3.04. The van der Waals surface area contributed by atoms with Crippen LogP contribution in [0.5, 0.6) is 0 Å². The van der Waals surface area contributed by atoms with Crippen molar-refractivity contribution < 1.29 is 23.5 Å². The fourth-order valence-electron chi connectivity index (χ4n) is 2.65. The lowest BCUT2D eigenvalue weighted by molar-refractivity contribution is -0.149. The van der Waals surface area contributed by atoms with E-state index in [1.54, 1.807) is 0 Å². The van der Waals surface area contributed by atoms with Gasteiger partial charge in [0.25, 0.3) is 0 Å². The van der Waals surface area contributed by atoms with Crippen molar-refractivity contribution in [2.45, 2.75) is 56.9 Å². The Morgan fingerprint density at radius 3 is 2.16 bits per heavy atom.